The highest BCUT2D eigenvalue weighted by Crippen LogP contribution is 2.22. The zero-order valence-electron chi connectivity index (χ0n) is 10.8. The second-order valence-corrected chi connectivity index (χ2v) is 5.01. The molecule has 0 unspecified atom stereocenters. The Morgan fingerprint density at radius 2 is 2.00 bits per heavy atom. The van der Waals surface area contributed by atoms with E-state index in [4.69, 9.17) is 5.11 Å². The van der Waals surface area contributed by atoms with Crippen LogP contribution >= 0.6 is 11.8 Å². The van der Waals surface area contributed by atoms with E-state index < -0.39 is 5.97 Å². The number of benzene rings is 1. The molecule has 19 heavy (non-hydrogen) atoms. The SMILES string of the molecule is CCc1ccc(-n2c(C)nnc2SCC(=O)O)cc1. The first-order chi connectivity index (χ1) is 9.11. The number of aliphatic carboxylic acids is 1. The summed E-state index contributed by atoms with van der Waals surface area (Å²) in [5.74, 6) is -0.138. The molecule has 1 aromatic heterocycles. The van der Waals surface area contributed by atoms with Crippen molar-refractivity contribution in [1.82, 2.24) is 14.8 Å². The number of aryl methyl sites for hydroxylation is 2. The lowest BCUT2D eigenvalue weighted by molar-refractivity contribution is -0.133. The maximum atomic E-state index is 10.6. The highest BCUT2D eigenvalue weighted by molar-refractivity contribution is 7.99. The number of carboxylic acid groups (broad SMARTS) is 1. The van der Waals surface area contributed by atoms with E-state index in [1.807, 2.05) is 23.6 Å². The van der Waals surface area contributed by atoms with Crippen molar-refractivity contribution in [3.05, 3.63) is 35.7 Å². The topological polar surface area (TPSA) is 68.0 Å². The standard InChI is InChI=1S/C13H15N3O2S/c1-3-10-4-6-11(7-5-10)16-9(2)14-15-13(16)19-8-12(17)18/h4-7H,3,8H2,1-2H3,(H,17,18). The lowest BCUT2D eigenvalue weighted by atomic mass is 10.1. The molecule has 5 nitrogen and oxygen atoms in total. The smallest absolute Gasteiger partial charge is 0.313 e. The molecule has 1 aromatic carbocycles. The molecule has 0 aliphatic heterocycles. The fourth-order valence-electron chi connectivity index (χ4n) is 1.74. The van der Waals surface area contributed by atoms with Crippen molar-refractivity contribution in [2.45, 2.75) is 25.4 Å². The van der Waals surface area contributed by atoms with Crippen molar-refractivity contribution >= 4 is 17.7 Å². The van der Waals surface area contributed by atoms with Crippen molar-refractivity contribution in [3.8, 4) is 5.69 Å². The Hall–Kier alpha value is -1.82. The molecule has 0 fully saturated rings. The predicted molar refractivity (Wildman–Crippen MR) is 73.8 cm³/mol. The number of thioether (sulfide) groups is 1. The van der Waals surface area contributed by atoms with Gasteiger partial charge in [-0.1, -0.05) is 30.8 Å². The third kappa shape index (κ3) is 3.14. The summed E-state index contributed by atoms with van der Waals surface area (Å²) in [6, 6.07) is 8.11. The first-order valence-corrected chi connectivity index (χ1v) is 6.96. The van der Waals surface area contributed by atoms with Crippen molar-refractivity contribution < 1.29 is 9.90 Å². The number of carboxylic acids is 1. The molecular weight excluding hydrogens is 262 g/mol. The molecule has 0 aliphatic rings. The number of rotatable bonds is 5. The molecule has 1 heterocycles. The molecule has 0 atom stereocenters. The van der Waals surface area contributed by atoms with Gasteiger partial charge in [-0.15, -0.1) is 10.2 Å². The quantitative estimate of drug-likeness (QED) is 0.849. The largest absolute Gasteiger partial charge is 0.481 e. The monoisotopic (exact) mass is 277 g/mol. The third-order valence-electron chi connectivity index (χ3n) is 2.72. The van der Waals surface area contributed by atoms with Crippen LogP contribution in [0.1, 0.15) is 18.3 Å². The molecule has 0 amide bonds. The molecule has 0 bridgehead atoms. The predicted octanol–water partition coefficient (Wildman–Crippen LogP) is 2.31. The minimum absolute atomic E-state index is 0.0226. The lowest BCUT2D eigenvalue weighted by Gasteiger charge is -2.08. The van der Waals surface area contributed by atoms with Crippen LogP contribution in [-0.2, 0) is 11.2 Å². The molecule has 0 saturated carbocycles. The van der Waals surface area contributed by atoms with E-state index in [1.54, 1.807) is 0 Å². The summed E-state index contributed by atoms with van der Waals surface area (Å²) in [6.45, 7) is 3.96. The fourth-order valence-corrected chi connectivity index (χ4v) is 2.46. The summed E-state index contributed by atoms with van der Waals surface area (Å²) in [6.07, 6.45) is 0.988. The normalized spacial score (nSPS) is 10.6. The highest BCUT2D eigenvalue weighted by atomic mass is 32.2. The highest BCUT2D eigenvalue weighted by Gasteiger charge is 2.12. The molecule has 2 rings (SSSR count). The molecule has 0 radical (unpaired) electrons. The van der Waals surface area contributed by atoms with E-state index in [2.05, 4.69) is 29.3 Å². The van der Waals surface area contributed by atoms with Crippen LogP contribution in [0.5, 0.6) is 0 Å². The average molecular weight is 277 g/mol. The number of aromatic nitrogens is 3. The number of nitrogens with zero attached hydrogens (tertiary/aromatic N) is 3. The zero-order valence-corrected chi connectivity index (χ0v) is 11.6. The van der Waals surface area contributed by atoms with Crippen LogP contribution in [0.15, 0.2) is 29.4 Å². The van der Waals surface area contributed by atoms with Crippen LogP contribution in [0, 0.1) is 6.92 Å². The van der Waals surface area contributed by atoms with E-state index in [-0.39, 0.29) is 5.75 Å². The Morgan fingerprint density at radius 1 is 1.32 bits per heavy atom. The van der Waals surface area contributed by atoms with Gasteiger partial charge in [0.2, 0.25) is 0 Å². The van der Waals surface area contributed by atoms with E-state index in [1.165, 1.54) is 17.3 Å². The number of hydrogen-bond acceptors (Lipinski definition) is 4. The van der Waals surface area contributed by atoms with E-state index in [9.17, 15) is 4.79 Å². The summed E-state index contributed by atoms with van der Waals surface area (Å²) in [4.78, 5) is 10.6. The van der Waals surface area contributed by atoms with Gasteiger partial charge in [0.25, 0.3) is 0 Å². The minimum atomic E-state index is -0.862. The van der Waals surface area contributed by atoms with Crippen LogP contribution in [-0.4, -0.2) is 31.6 Å². The first-order valence-electron chi connectivity index (χ1n) is 5.97. The van der Waals surface area contributed by atoms with Crippen molar-refractivity contribution in [3.63, 3.8) is 0 Å². The summed E-state index contributed by atoms with van der Waals surface area (Å²) in [5.41, 5.74) is 2.21. The maximum Gasteiger partial charge on any atom is 0.313 e. The molecule has 2 aromatic rings. The number of hydrogen-bond donors (Lipinski definition) is 1. The van der Waals surface area contributed by atoms with E-state index in [0.29, 0.717) is 5.16 Å². The van der Waals surface area contributed by atoms with Crippen molar-refractivity contribution in [2.24, 2.45) is 0 Å². The van der Waals surface area contributed by atoms with Gasteiger partial charge in [0.05, 0.1) is 5.75 Å². The molecule has 0 aliphatic carbocycles. The first kappa shape index (κ1) is 13.6. The Kier molecular flexibility index (Phi) is 4.21. The lowest BCUT2D eigenvalue weighted by Crippen LogP contribution is -2.03. The van der Waals surface area contributed by atoms with Gasteiger partial charge in [-0.05, 0) is 31.0 Å². The number of carbonyl (C=O) groups is 1. The zero-order chi connectivity index (χ0) is 13.8. The molecular formula is C13H15N3O2S. The van der Waals surface area contributed by atoms with Crippen LogP contribution in [0.3, 0.4) is 0 Å². The summed E-state index contributed by atoms with van der Waals surface area (Å²) in [7, 11) is 0. The van der Waals surface area contributed by atoms with Crippen LogP contribution in [0.4, 0.5) is 0 Å². The van der Waals surface area contributed by atoms with Gasteiger partial charge in [0.15, 0.2) is 5.16 Å². The van der Waals surface area contributed by atoms with Gasteiger partial charge in [-0.3, -0.25) is 9.36 Å². The Bertz CT molecular complexity index is 578. The third-order valence-corrected chi connectivity index (χ3v) is 3.64. The molecule has 100 valence electrons. The van der Waals surface area contributed by atoms with Crippen LogP contribution in [0.2, 0.25) is 0 Å². The van der Waals surface area contributed by atoms with E-state index >= 15 is 0 Å². The summed E-state index contributed by atoms with van der Waals surface area (Å²) in [5, 5.41) is 17.4. The maximum absolute atomic E-state index is 10.6. The Balaban J connectivity index is 2.31. The van der Waals surface area contributed by atoms with Gasteiger partial charge in [-0.2, -0.15) is 0 Å². The molecule has 0 spiro atoms. The molecule has 6 heteroatoms. The average Bonchev–Trinajstić information content (AvgIpc) is 2.78. The second-order valence-electron chi connectivity index (χ2n) is 4.07. The van der Waals surface area contributed by atoms with Gasteiger partial charge in [0.1, 0.15) is 5.82 Å². The van der Waals surface area contributed by atoms with Gasteiger partial charge >= 0.3 is 5.97 Å². The minimum Gasteiger partial charge on any atom is -0.481 e. The van der Waals surface area contributed by atoms with Gasteiger partial charge in [0, 0.05) is 5.69 Å². The fraction of sp³-hybridized carbons (Fsp3) is 0.308. The Morgan fingerprint density at radius 3 is 2.58 bits per heavy atom. The van der Waals surface area contributed by atoms with Crippen molar-refractivity contribution in [1.29, 1.82) is 0 Å². The summed E-state index contributed by atoms with van der Waals surface area (Å²) >= 11 is 1.17. The van der Waals surface area contributed by atoms with Crippen LogP contribution < -0.4 is 0 Å². The molecule has 1 N–H and O–H groups in total. The summed E-state index contributed by atoms with van der Waals surface area (Å²) < 4.78 is 1.87. The molecule has 0 saturated heterocycles. The van der Waals surface area contributed by atoms with Crippen LogP contribution in [0.25, 0.3) is 5.69 Å². The second kappa shape index (κ2) is 5.88. The van der Waals surface area contributed by atoms with Crippen molar-refractivity contribution in [2.75, 3.05) is 5.75 Å². The van der Waals surface area contributed by atoms with Gasteiger partial charge < -0.3 is 5.11 Å². The Labute approximate surface area is 115 Å². The van der Waals surface area contributed by atoms with Gasteiger partial charge in [-0.25, -0.2) is 0 Å². The van der Waals surface area contributed by atoms with E-state index in [0.717, 1.165) is 17.9 Å².